The molecule has 1 aliphatic rings. The Morgan fingerprint density at radius 1 is 1.50 bits per heavy atom. The number of hydrogen-bond donors (Lipinski definition) is 2. The minimum atomic E-state index is 0.0273. The zero-order chi connectivity index (χ0) is 13.5. The van der Waals surface area contributed by atoms with Crippen LogP contribution in [0.25, 0.3) is 0 Å². The Labute approximate surface area is 109 Å². The van der Waals surface area contributed by atoms with Gasteiger partial charge in [0.2, 0.25) is 5.91 Å². The van der Waals surface area contributed by atoms with Gasteiger partial charge in [-0.2, -0.15) is 0 Å². The summed E-state index contributed by atoms with van der Waals surface area (Å²) in [7, 11) is 0. The number of aryl methyl sites for hydroxylation is 2. The number of carbonyl (C=O) groups excluding carboxylic acids is 1. The van der Waals surface area contributed by atoms with E-state index < -0.39 is 0 Å². The highest BCUT2D eigenvalue weighted by Crippen LogP contribution is 2.24. The molecule has 1 amide bonds. The summed E-state index contributed by atoms with van der Waals surface area (Å²) in [6.45, 7) is 6.57. The van der Waals surface area contributed by atoms with Gasteiger partial charge in [-0.1, -0.05) is 19.9 Å². The molecule has 18 heavy (non-hydrogen) atoms. The van der Waals surface area contributed by atoms with Crippen molar-refractivity contribution in [2.24, 2.45) is 11.7 Å². The van der Waals surface area contributed by atoms with Gasteiger partial charge in [-0.05, 0) is 43.9 Å². The Morgan fingerprint density at radius 2 is 2.22 bits per heavy atom. The predicted molar refractivity (Wildman–Crippen MR) is 74.4 cm³/mol. The van der Waals surface area contributed by atoms with E-state index >= 15 is 0 Å². The minimum Gasteiger partial charge on any atom is -0.330 e. The highest BCUT2D eigenvalue weighted by atomic mass is 16.1. The maximum absolute atomic E-state index is 11.8. The second-order valence-corrected chi connectivity index (χ2v) is 4.32. The third-order valence-electron chi connectivity index (χ3n) is 2.99. The van der Waals surface area contributed by atoms with Crippen molar-refractivity contribution in [2.75, 3.05) is 11.9 Å². The molecular weight excluding hydrogens is 226 g/mol. The first-order valence-corrected chi connectivity index (χ1v) is 6.67. The molecule has 0 spiro atoms. The average molecular weight is 249 g/mol. The van der Waals surface area contributed by atoms with Crippen molar-refractivity contribution in [3.8, 4) is 0 Å². The van der Waals surface area contributed by atoms with E-state index in [0.29, 0.717) is 6.54 Å². The summed E-state index contributed by atoms with van der Waals surface area (Å²) in [6, 6.07) is 2.09. The van der Waals surface area contributed by atoms with Gasteiger partial charge in [0.05, 0.1) is 0 Å². The quantitative estimate of drug-likeness (QED) is 0.844. The van der Waals surface area contributed by atoms with E-state index in [1.54, 1.807) is 6.20 Å². The molecule has 0 aromatic carbocycles. The predicted octanol–water partition coefficient (Wildman–Crippen LogP) is 2.27. The van der Waals surface area contributed by atoms with Gasteiger partial charge in [0, 0.05) is 12.1 Å². The molecule has 4 nitrogen and oxygen atoms in total. The lowest BCUT2D eigenvalue weighted by Crippen LogP contribution is -2.24. The molecule has 0 aliphatic carbocycles. The summed E-state index contributed by atoms with van der Waals surface area (Å²) in [5, 5.41) is 2.88. The Bertz CT molecular complexity index is 404. The Balaban J connectivity index is 0.000000771. The van der Waals surface area contributed by atoms with Crippen molar-refractivity contribution in [3.63, 3.8) is 0 Å². The van der Waals surface area contributed by atoms with E-state index in [4.69, 9.17) is 5.73 Å². The fraction of sp³-hybridized carbons (Fsp3) is 0.571. The fourth-order valence-electron chi connectivity index (χ4n) is 2.09. The van der Waals surface area contributed by atoms with Crippen LogP contribution in [0, 0.1) is 12.8 Å². The van der Waals surface area contributed by atoms with Crippen molar-refractivity contribution in [1.29, 1.82) is 0 Å². The highest BCUT2D eigenvalue weighted by Gasteiger charge is 2.23. The molecule has 1 aromatic rings. The molecule has 1 aromatic heterocycles. The lowest BCUT2D eigenvalue weighted by atomic mass is 9.97. The number of rotatable bonds is 2. The summed E-state index contributed by atoms with van der Waals surface area (Å²) in [4.78, 5) is 16.1. The van der Waals surface area contributed by atoms with Crippen LogP contribution in [-0.2, 0) is 11.2 Å². The molecule has 1 aliphatic heterocycles. The number of pyridine rings is 1. The normalized spacial score (nSPS) is 18.0. The molecule has 2 heterocycles. The van der Waals surface area contributed by atoms with E-state index in [2.05, 4.69) is 16.4 Å². The van der Waals surface area contributed by atoms with Crippen molar-refractivity contribution in [3.05, 3.63) is 23.4 Å². The van der Waals surface area contributed by atoms with Crippen LogP contribution in [0.4, 0.5) is 5.82 Å². The number of fused-ring (bicyclic) bond motifs is 1. The molecule has 4 heteroatoms. The maximum atomic E-state index is 11.8. The van der Waals surface area contributed by atoms with Crippen LogP contribution in [0.5, 0.6) is 0 Å². The maximum Gasteiger partial charge on any atom is 0.228 e. The number of hydrogen-bond acceptors (Lipinski definition) is 3. The fourth-order valence-corrected chi connectivity index (χ4v) is 2.09. The van der Waals surface area contributed by atoms with Crippen molar-refractivity contribution >= 4 is 11.7 Å². The van der Waals surface area contributed by atoms with Crippen molar-refractivity contribution in [2.45, 2.75) is 40.0 Å². The topological polar surface area (TPSA) is 68.0 Å². The highest BCUT2D eigenvalue weighted by molar-refractivity contribution is 5.93. The number of amides is 1. The van der Waals surface area contributed by atoms with Crippen LogP contribution in [0.1, 0.15) is 37.8 Å². The molecule has 0 bridgehead atoms. The second-order valence-electron chi connectivity index (χ2n) is 4.32. The third kappa shape index (κ3) is 3.53. The summed E-state index contributed by atoms with van der Waals surface area (Å²) in [5.41, 5.74) is 7.77. The summed E-state index contributed by atoms with van der Waals surface area (Å²) >= 11 is 0. The van der Waals surface area contributed by atoms with Crippen LogP contribution in [-0.4, -0.2) is 17.4 Å². The first kappa shape index (κ1) is 14.6. The third-order valence-corrected chi connectivity index (χ3v) is 2.99. The zero-order valence-electron chi connectivity index (χ0n) is 11.5. The van der Waals surface area contributed by atoms with Gasteiger partial charge in [-0.25, -0.2) is 4.98 Å². The molecule has 0 saturated carbocycles. The van der Waals surface area contributed by atoms with E-state index in [1.165, 1.54) is 0 Å². The van der Waals surface area contributed by atoms with E-state index in [9.17, 15) is 4.79 Å². The van der Waals surface area contributed by atoms with Gasteiger partial charge in [-0.3, -0.25) is 4.79 Å². The molecule has 100 valence electrons. The van der Waals surface area contributed by atoms with Gasteiger partial charge in [0.25, 0.3) is 0 Å². The Kier molecular flexibility index (Phi) is 5.78. The molecular formula is C14H23N3O. The van der Waals surface area contributed by atoms with Crippen molar-refractivity contribution < 1.29 is 4.79 Å². The second kappa shape index (κ2) is 7.11. The van der Waals surface area contributed by atoms with Gasteiger partial charge in [0.15, 0.2) is 0 Å². The van der Waals surface area contributed by atoms with Crippen LogP contribution >= 0.6 is 0 Å². The van der Waals surface area contributed by atoms with E-state index in [0.717, 1.165) is 36.2 Å². The summed E-state index contributed by atoms with van der Waals surface area (Å²) in [6.07, 6.45) is 4.29. The first-order valence-electron chi connectivity index (χ1n) is 6.67. The number of nitrogens with two attached hydrogens (primary N) is 1. The van der Waals surface area contributed by atoms with E-state index in [-0.39, 0.29) is 11.8 Å². The van der Waals surface area contributed by atoms with Gasteiger partial charge < -0.3 is 11.1 Å². The molecule has 0 radical (unpaired) electrons. The zero-order valence-corrected chi connectivity index (χ0v) is 11.5. The van der Waals surface area contributed by atoms with Gasteiger partial charge in [-0.15, -0.1) is 0 Å². The smallest absolute Gasteiger partial charge is 0.228 e. The summed E-state index contributed by atoms with van der Waals surface area (Å²) in [5.74, 6) is 0.801. The Morgan fingerprint density at radius 3 is 2.89 bits per heavy atom. The number of anilines is 1. The molecule has 0 fully saturated rings. The van der Waals surface area contributed by atoms with Crippen LogP contribution in [0.15, 0.2) is 12.3 Å². The summed E-state index contributed by atoms with van der Waals surface area (Å²) < 4.78 is 0. The first-order chi connectivity index (χ1) is 8.70. The van der Waals surface area contributed by atoms with Crippen molar-refractivity contribution in [1.82, 2.24) is 4.98 Å². The largest absolute Gasteiger partial charge is 0.330 e. The molecule has 1 unspecified atom stereocenters. The molecule has 1 atom stereocenters. The van der Waals surface area contributed by atoms with Crippen LogP contribution < -0.4 is 11.1 Å². The number of aromatic nitrogens is 1. The van der Waals surface area contributed by atoms with Crippen LogP contribution in [0.3, 0.4) is 0 Å². The van der Waals surface area contributed by atoms with Crippen LogP contribution in [0.2, 0.25) is 0 Å². The number of nitrogens with one attached hydrogen (secondary N) is 1. The molecule has 2 rings (SSSR count). The lowest BCUT2D eigenvalue weighted by Gasteiger charge is -2.10. The number of carbonyl (C=O) groups is 1. The Hall–Kier alpha value is -1.42. The average Bonchev–Trinajstić information content (AvgIpc) is 2.53. The molecule has 3 N–H and O–H groups in total. The molecule has 0 saturated heterocycles. The van der Waals surface area contributed by atoms with Gasteiger partial charge in [0.1, 0.15) is 5.82 Å². The van der Waals surface area contributed by atoms with Gasteiger partial charge >= 0.3 is 0 Å². The standard InChI is InChI=1S/C12H17N3O.C2H6/c1-8-6-10-3-2-9(4-5-13)12(16)15-11(10)14-7-8;1-2/h6-7,9H,2-5,13H2,1H3,(H,14,15,16);1-2H3. The number of nitrogens with zero attached hydrogens (tertiary/aromatic N) is 1. The minimum absolute atomic E-state index is 0.0273. The SMILES string of the molecule is CC.Cc1cnc2c(c1)CCC(CCN)C(=O)N2. The lowest BCUT2D eigenvalue weighted by molar-refractivity contribution is -0.120. The monoisotopic (exact) mass is 249 g/mol. The van der Waals surface area contributed by atoms with E-state index in [1.807, 2.05) is 20.8 Å².